The van der Waals surface area contributed by atoms with Gasteiger partial charge in [-0.2, -0.15) is 26.3 Å². The highest BCUT2D eigenvalue weighted by atomic mass is 19.3. The first-order valence-corrected chi connectivity index (χ1v) is 50.6. The summed E-state index contributed by atoms with van der Waals surface area (Å²) in [6.07, 6.45) is 5.70. The standard InChI is InChI=1S/C37H51F2N3O7.C37H49F2N3O7.C33H43F2N3O7.3CH4/c2*1-9-12-23-28-20-42(30(23)34(45)49-36(5,6)7)33(44)24(35(2,3)4)19-29(43)47-27-17-21(27)13-10-11-16-37(38,39)31-32(48-28)41-26-18-22(46-8)14-15-25(26)40-31;1-6-9-20-25-17-38(27(20)31(41)42)30(40)21(32(2,3)4)16-26(39)44-24-14-18(24)10-7-8-13-33(34,35)28-29(45-25)37-23-15-19(43-5)11-12-22(23)36-28;;;/h14-15,18,21,23-24,27-28,30H,9-13,16-17,19-20H2,1-8H3;11,14-16,18,21,23-24,27-28,30H,9-10,12-13,17,19-20H2,1-8H3;11-12,15,18,20-21,24-25,27H,6-10,13-14,16-17H2,1-5H3,(H,41,42);3*1H4/b;16-11+;;;;/t2*21-,23-,24-,27-,28+,30+;18-,20-,21-,24-,25+,27+;;;/m111.../s1. The lowest BCUT2D eigenvalue weighted by molar-refractivity contribution is -0.167. The number of carboxylic acid groups (broad SMARTS) is 1. The smallest absolute Gasteiger partial charge is 0.329 e. The maximum absolute atomic E-state index is 16.2. The van der Waals surface area contributed by atoms with Crippen molar-refractivity contribution >= 4 is 86.6 Å². The molecule has 36 heteroatoms. The first-order chi connectivity index (χ1) is 67.1. The van der Waals surface area contributed by atoms with Crippen molar-refractivity contribution in [2.24, 2.45) is 69.5 Å². The first-order valence-electron chi connectivity index (χ1n) is 50.6. The number of rotatable bonds is 12. The third-order valence-corrected chi connectivity index (χ3v) is 28.6. The quantitative estimate of drug-likeness (QED) is 0.0514. The van der Waals surface area contributed by atoms with Crippen molar-refractivity contribution in [3.05, 3.63) is 83.8 Å². The summed E-state index contributed by atoms with van der Waals surface area (Å²) >= 11 is 0. The van der Waals surface area contributed by atoms with Crippen molar-refractivity contribution in [1.29, 1.82) is 0 Å². The van der Waals surface area contributed by atoms with Gasteiger partial charge in [0, 0.05) is 48.8 Å². The predicted octanol–water partition coefficient (Wildman–Crippen LogP) is 21.4. The Bertz CT molecular complexity index is 5680. The van der Waals surface area contributed by atoms with E-state index < -0.39 is 207 Å². The van der Waals surface area contributed by atoms with Gasteiger partial charge in [0.25, 0.3) is 11.8 Å². The molecular formula is C110H155F6N9O21. The van der Waals surface area contributed by atoms with E-state index in [9.17, 15) is 48.3 Å². The largest absolute Gasteiger partial charge is 0.497 e. The Morgan fingerprint density at radius 2 is 0.705 bits per heavy atom. The Balaban J connectivity index is 0.000000222. The van der Waals surface area contributed by atoms with Crippen LogP contribution in [-0.2, 0) is 84.6 Å². The number of hydrogen-bond donors (Lipinski definition) is 1. The molecule has 0 radical (unpaired) electrons. The number of amides is 3. The molecule has 3 aliphatic carbocycles. The zero-order valence-corrected chi connectivity index (χ0v) is 86.3. The number of allylic oxidation sites excluding steroid dienone is 2. The highest BCUT2D eigenvalue weighted by Gasteiger charge is 2.59. The molecule has 15 rings (SSSR count). The van der Waals surface area contributed by atoms with E-state index in [-0.39, 0.29) is 149 Å². The number of aliphatic carboxylic acids is 1. The number of fused-ring (bicyclic) bond motifs is 15. The first kappa shape index (κ1) is 117. The van der Waals surface area contributed by atoms with Crippen LogP contribution in [0.1, 0.15) is 305 Å². The molecule has 1 N–H and O–H groups in total. The van der Waals surface area contributed by atoms with Gasteiger partial charge in [-0.3, -0.25) is 28.8 Å². The number of aromatic nitrogens is 6. The van der Waals surface area contributed by atoms with Crippen molar-refractivity contribution in [3.63, 3.8) is 0 Å². The van der Waals surface area contributed by atoms with Crippen LogP contribution in [0.25, 0.3) is 33.1 Å². The minimum atomic E-state index is -3.56. The van der Waals surface area contributed by atoms with Crippen LogP contribution in [0.2, 0.25) is 0 Å². The number of carboxylic acids is 1. The maximum atomic E-state index is 16.2. The number of carbonyl (C=O) groups excluding carboxylic acids is 8. The van der Waals surface area contributed by atoms with Gasteiger partial charge in [-0.25, -0.2) is 44.3 Å². The molecule has 6 fully saturated rings. The molecule has 808 valence electrons. The van der Waals surface area contributed by atoms with Gasteiger partial charge in [-0.15, -0.1) is 0 Å². The number of esters is 5. The molecule has 30 nitrogen and oxygen atoms in total. The van der Waals surface area contributed by atoms with Crippen LogP contribution < -0.4 is 28.4 Å². The van der Waals surface area contributed by atoms with Gasteiger partial charge in [0.1, 0.15) is 83.2 Å². The molecular weight excluding hydrogens is 1900 g/mol. The predicted molar refractivity (Wildman–Crippen MR) is 536 cm³/mol. The number of carbonyl (C=O) groups is 9. The Hall–Kier alpha value is -11.0. The molecule has 6 aromatic rings. The molecule has 9 heterocycles. The molecule has 3 amide bonds. The van der Waals surface area contributed by atoms with E-state index in [0.717, 1.165) is 6.08 Å². The van der Waals surface area contributed by atoms with Crippen LogP contribution in [0.5, 0.6) is 34.9 Å². The second-order valence-corrected chi connectivity index (χ2v) is 45.2. The molecule has 3 aromatic heterocycles. The van der Waals surface area contributed by atoms with E-state index >= 15 is 26.3 Å². The Morgan fingerprint density at radius 3 is 1.01 bits per heavy atom. The van der Waals surface area contributed by atoms with Crippen molar-refractivity contribution in [2.45, 2.75) is 372 Å². The maximum Gasteiger partial charge on any atom is 0.329 e. The van der Waals surface area contributed by atoms with Gasteiger partial charge in [0.05, 0.1) is 111 Å². The lowest BCUT2D eigenvalue weighted by Gasteiger charge is -2.35. The molecule has 0 unspecified atom stereocenters. The average molecular weight is 2050 g/mol. The van der Waals surface area contributed by atoms with Crippen molar-refractivity contribution < 1.29 is 127 Å². The van der Waals surface area contributed by atoms with Crippen LogP contribution in [0.3, 0.4) is 0 Å². The molecule has 18 atom stereocenters. The molecule has 3 saturated carbocycles. The fourth-order valence-corrected chi connectivity index (χ4v) is 20.6. The summed E-state index contributed by atoms with van der Waals surface area (Å²) in [6.45, 7) is 32.5. The number of alkyl halides is 6. The van der Waals surface area contributed by atoms with E-state index in [4.69, 9.17) is 52.1 Å². The Labute approximate surface area is 854 Å². The van der Waals surface area contributed by atoms with Gasteiger partial charge in [-0.05, 0) is 195 Å². The highest BCUT2D eigenvalue weighted by Crippen LogP contribution is 2.51. The van der Waals surface area contributed by atoms with Gasteiger partial charge < -0.3 is 71.9 Å². The molecule has 9 aliphatic rings. The van der Waals surface area contributed by atoms with Crippen molar-refractivity contribution in [3.8, 4) is 34.9 Å². The van der Waals surface area contributed by atoms with Crippen LogP contribution in [0.4, 0.5) is 26.3 Å². The van der Waals surface area contributed by atoms with Crippen molar-refractivity contribution in [1.82, 2.24) is 44.6 Å². The van der Waals surface area contributed by atoms with Crippen molar-refractivity contribution in [2.75, 3.05) is 41.0 Å². The molecule has 3 aromatic carbocycles. The van der Waals surface area contributed by atoms with E-state index in [1.165, 1.54) is 42.1 Å². The van der Waals surface area contributed by atoms with E-state index in [1.54, 1.807) is 96.1 Å². The zero-order valence-electron chi connectivity index (χ0n) is 86.3. The average Bonchev–Trinajstić information content (AvgIpc) is 1.47. The van der Waals surface area contributed by atoms with Gasteiger partial charge >= 0.3 is 41.7 Å². The molecule has 146 heavy (non-hydrogen) atoms. The topological polar surface area (TPSA) is 362 Å². The van der Waals surface area contributed by atoms with Crippen LogP contribution in [0, 0.1) is 69.5 Å². The van der Waals surface area contributed by atoms with Gasteiger partial charge in [0.2, 0.25) is 35.4 Å². The number of methoxy groups -OCH3 is 3. The third-order valence-electron chi connectivity index (χ3n) is 28.6. The number of hydrogen-bond acceptors (Lipinski definition) is 26. The second-order valence-electron chi connectivity index (χ2n) is 45.2. The molecule has 3 saturated heterocycles. The molecule has 0 spiro atoms. The Kier molecular flexibility index (Phi) is 37.5. The molecule has 6 aliphatic heterocycles. The van der Waals surface area contributed by atoms with Crippen LogP contribution in [-0.4, -0.2) is 210 Å². The third kappa shape index (κ3) is 28.1. The minimum Gasteiger partial charge on any atom is -0.497 e. The highest BCUT2D eigenvalue weighted by molar-refractivity contribution is 5.92. The fourth-order valence-electron chi connectivity index (χ4n) is 20.6. The fraction of sp³-hybridized carbons (Fsp3) is 0.682. The summed E-state index contributed by atoms with van der Waals surface area (Å²) in [7, 11) is 4.47. The second kappa shape index (κ2) is 46.8. The lowest BCUT2D eigenvalue weighted by Crippen LogP contribution is -2.50. The summed E-state index contributed by atoms with van der Waals surface area (Å²) < 4.78 is 160. The summed E-state index contributed by atoms with van der Waals surface area (Å²) in [5, 5.41) is 10.4. The number of halogens is 6. The zero-order chi connectivity index (χ0) is 104. The summed E-state index contributed by atoms with van der Waals surface area (Å²) in [5.74, 6) is -19.6. The monoisotopic (exact) mass is 2050 g/mol. The summed E-state index contributed by atoms with van der Waals surface area (Å²) in [6, 6.07) is 10.9. The lowest BCUT2D eigenvalue weighted by atomic mass is 9.77. The van der Waals surface area contributed by atoms with E-state index in [2.05, 4.69) is 29.9 Å². The molecule has 6 bridgehead atoms. The van der Waals surface area contributed by atoms with Gasteiger partial charge in [-0.1, -0.05) is 144 Å². The van der Waals surface area contributed by atoms with E-state index in [1.807, 2.05) is 83.1 Å². The van der Waals surface area contributed by atoms with Crippen LogP contribution >= 0.6 is 0 Å². The number of ether oxygens (including phenoxy) is 11. The Morgan fingerprint density at radius 1 is 0.404 bits per heavy atom. The van der Waals surface area contributed by atoms with Crippen LogP contribution in [0.15, 0.2) is 66.7 Å². The van der Waals surface area contributed by atoms with E-state index in [0.29, 0.717) is 119 Å². The number of nitrogens with zero attached hydrogens (tertiary/aromatic N) is 9. The summed E-state index contributed by atoms with van der Waals surface area (Å²) in [4.78, 5) is 154. The SMILES string of the molecule is C.C.C.CCC[C@@H]1[C@@H]2CN(C(=O)[C@H](C(C)(C)C)CC(=O)O[C@@H]3C[C@H]3CC/C=C/C(F)(F)c3nc4ccc(OC)cc4nc3O2)[C@@H]1C(=O)OC(C)(C)C.CCC[C@@H]1[C@@H]2CN(C(=O)[C@H](C(C)(C)C)CC(=O)O[C@@H]3C[C@H]3CCCCC(F)(F)c3nc4ccc(OC)cc4nc3O2)[C@@H]1C(=O)O.CCC[C@@H]1[C@@H]2CN(C(=O)[C@H](C(C)(C)C)CC(=O)O[C@@H]3C[C@H]3CCCCC(F)(F)c3nc4ccc(OC)cc4nc3O2)[C@@H]1C(=O)OC(C)(C)C. The normalized spacial score (nSPS) is 27.9. The summed E-state index contributed by atoms with van der Waals surface area (Å²) in [5.41, 5.74) is -4.02. The minimum absolute atomic E-state index is 0. The van der Waals surface area contributed by atoms with Gasteiger partial charge in [0.15, 0.2) is 17.1 Å². The number of benzene rings is 3.